The van der Waals surface area contributed by atoms with Crippen molar-refractivity contribution in [3.05, 3.63) is 0 Å². The van der Waals surface area contributed by atoms with Gasteiger partial charge in [0.05, 0.1) is 0 Å². The highest BCUT2D eigenvalue weighted by Crippen LogP contribution is 2.10. The molecule has 15 heavy (non-hydrogen) atoms. The minimum absolute atomic E-state index is 0.192. The molecule has 0 saturated carbocycles. The number of nitrogens with one attached hydrogen (secondary N) is 1. The molecule has 1 saturated heterocycles. The Kier molecular flexibility index (Phi) is 3.86. The fraction of sp³-hybridized carbons (Fsp3) is 0.500. The van der Waals surface area contributed by atoms with Gasteiger partial charge >= 0.3 is 0 Å². The van der Waals surface area contributed by atoms with Crippen LogP contribution in [0.15, 0.2) is 0 Å². The minimum Gasteiger partial charge on any atom is -0.354 e. The van der Waals surface area contributed by atoms with Crippen molar-refractivity contribution >= 4 is 17.7 Å². The van der Waals surface area contributed by atoms with E-state index in [2.05, 4.69) is 11.2 Å². The zero-order chi connectivity index (χ0) is 11.3. The second-order valence-corrected chi connectivity index (χ2v) is 3.18. The summed E-state index contributed by atoms with van der Waals surface area (Å²) in [6.45, 7) is 0.174. The van der Waals surface area contributed by atoms with E-state index in [0.29, 0.717) is 13.0 Å². The first kappa shape index (κ1) is 11.2. The zero-order valence-electron chi connectivity index (χ0n) is 8.28. The van der Waals surface area contributed by atoms with Gasteiger partial charge in [0.15, 0.2) is 0 Å². The number of hydrogen-bond donors (Lipinski definition) is 1. The largest absolute Gasteiger partial charge is 0.354 e. The lowest BCUT2D eigenvalue weighted by Crippen LogP contribution is -2.40. The normalized spacial score (nSPS) is 15.3. The van der Waals surface area contributed by atoms with Gasteiger partial charge in [-0.15, -0.1) is 12.3 Å². The van der Waals surface area contributed by atoms with Gasteiger partial charge in [-0.2, -0.15) is 0 Å². The summed E-state index contributed by atoms with van der Waals surface area (Å²) in [5.74, 6) is 1.45. The molecule has 1 aliphatic heterocycles. The molecule has 0 aromatic heterocycles. The molecule has 0 aliphatic carbocycles. The molecule has 1 N–H and O–H groups in total. The van der Waals surface area contributed by atoms with E-state index in [-0.39, 0.29) is 37.1 Å². The Hall–Kier alpha value is -1.83. The van der Waals surface area contributed by atoms with Crippen LogP contribution < -0.4 is 5.32 Å². The highest BCUT2D eigenvalue weighted by Gasteiger charge is 2.30. The van der Waals surface area contributed by atoms with Crippen LogP contribution in [-0.4, -0.2) is 35.7 Å². The average molecular weight is 208 g/mol. The first-order chi connectivity index (χ1) is 7.15. The summed E-state index contributed by atoms with van der Waals surface area (Å²) in [5.41, 5.74) is 0. The number of terminal acetylenes is 1. The third-order valence-electron chi connectivity index (χ3n) is 2.05. The topological polar surface area (TPSA) is 66.5 Å². The predicted molar refractivity (Wildman–Crippen MR) is 52.4 cm³/mol. The van der Waals surface area contributed by atoms with Crippen LogP contribution in [-0.2, 0) is 14.4 Å². The summed E-state index contributed by atoms with van der Waals surface area (Å²) < 4.78 is 0. The van der Waals surface area contributed by atoms with Gasteiger partial charge in [0.1, 0.15) is 6.54 Å². The van der Waals surface area contributed by atoms with E-state index in [1.54, 1.807) is 0 Å². The third kappa shape index (κ3) is 3.09. The lowest BCUT2D eigenvalue weighted by molar-refractivity contribution is -0.142. The molecule has 5 heteroatoms. The van der Waals surface area contributed by atoms with Crippen molar-refractivity contribution in [1.29, 1.82) is 0 Å². The first-order valence-corrected chi connectivity index (χ1v) is 4.68. The summed E-state index contributed by atoms with van der Waals surface area (Å²) in [7, 11) is 0. The number of carbonyl (C=O) groups excluding carboxylic acids is 3. The van der Waals surface area contributed by atoms with E-state index in [4.69, 9.17) is 6.42 Å². The summed E-state index contributed by atoms with van der Waals surface area (Å²) in [6, 6.07) is 0. The van der Waals surface area contributed by atoms with Gasteiger partial charge in [0, 0.05) is 25.8 Å². The molecular formula is C10H12N2O3. The Morgan fingerprint density at radius 1 is 1.40 bits per heavy atom. The van der Waals surface area contributed by atoms with E-state index >= 15 is 0 Å². The molecule has 1 aliphatic rings. The van der Waals surface area contributed by atoms with Gasteiger partial charge in [0.25, 0.3) is 0 Å². The maximum atomic E-state index is 11.2. The number of amides is 3. The van der Waals surface area contributed by atoms with E-state index in [9.17, 15) is 14.4 Å². The van der Waals surface area contributed by atoms with Crippen LogP contribution >= 0.6 is 0 Å². The Morgan fingerprint density at radius 3 is 2.53 bits per heavy atom. The second kappa shape index (κ2) is 5.15. The van der Waals surface area contributed by atoms with Crippen LogP contribution in [0, 0.1) is 12.3 Å². The van der Waals surface area contributed by atoms with Crippen molar-refractivity contribution < 1.29 is 14.4 Å². The Balaban J connectivity index is 2.34. The van der Waals surface area contributed by atoms with Crippen LogP contribution in [0.25, 0.3) is 0 Å². The van der Waals surface area contributed by atoms with Crippen molar-refractivity contribution in [2.45, 2.75) is 19.3 Å². The maximum absolute atomic E-state index is 11.2. The van der Waals surface area contributed by atoms with Crippen LogP contribution in [0.1, 0.15) is 19.3 Å². The van der Waals surface area contributed by atoms with Gasteiger partial charge in [-0.3, -0.25) is 19.3 Å². The predicted octanol–water partition coefficient (Wildman–Crippen LogP) is -0.725. The molecule has 3 amide bonds. The number of likely N-dealkylation sites (tertiary alicyclic amines) is 1. The summed E-state index contributed by atoms with van der Waals surface area (Å²) >= 11 is 0. The molecule has 1 fully saturated rings. The molecule has 0 radical (unpaired) electrons. The number of nitrogens with zero attached hydrogens (tertiary/aromatic N) is 1. The lowest BCUT2D eigenvalue weighted by Gasteiger charge is -2.12. The average Bonchev–Trinajstić information content (AvgIpc) is 2.50. The van der Waals surface area contributed by atoms with Gasteiger partial charge in [-0.05, 0) is 0 Å². The van der Waals surface area contributed by atoms with Crippen LogP contribution in [0.5, 0.6) is 0 Å². The van der Waals surface area contributed by atoms with Crippen molar-refractivity contribution in [3.63, 3.8) is 0 Å². The Bertz CT molecular complexity index is 314. The maximum Gasteiger partial charge on any atom is 0.240 e. The molecule has 0 aromatic rings. The zero-order valence-corrected chi connectivity index (χ0v) is 8.28. The SMILES string of the molecule is C#CCCNC(=O)CN1C(=O)CCC1=O. The van der Waals surface area contributed by atoms with E-state index in [1.165, 1.54) is 0 Å². The van der Waals surface area contributed by atoms with Crippen LogP contribution in [0.3, 0.4) is 0 Å². The summed E-state index contributed by atoms with van der Waals surface area (Å²) in [6.07, 6.45) is 5.85. The molecule has 0 aromatic carbocycles. The number of carbonyl (C=O) groups is 3. The van der Waals surface area contributed by atoms with E-state index < -0.39 is 0 Å². The van der Waals surface area contributed by atoms with Gasteiger partial charge in [-0.25, -0.2) is 0 Å². The smallest absolute Gasteiger partial charge is 0.240 e. The molecular weight excluding hydrogens is 196 g/mol. The standard InChI is InChI=1S/C10H12N2O3/c1-2-3-6-11-8(13)7-12-9(14)4-5-10(12)15/h1H,3-7H2,(H,11,13). The van der Waals surface area contributed by atoms with Crippen LogP contribution in [0.4, 0.5) is 0 Å². The first-order valence-electron chi connectivity index (χ1n) is 4.68. The highest BCUT2D eigenvalue weighted by molar-refractivity contribution is 6.04. The van der Waals surface area contributed by atoms with Crippen molar-refractivity contribution in [3.8, 4) is 12.3 Å². The van der Waals surface area contributed by atoms with E-state index in [1.807, 2.05) is 0 Å². The highest BCUT2D eigenvalue weighted by atomic mass is 16.2. The van der Waals surface area contributed by atoms with Crippen molar-refractivity contribution in [2.24, 2.45) is 0 Å². The molecule has 0 atom stereocenters. The Labute approximate surface area is 87.8 Å². The molecule has 1 rings (SSSR count). The quantitative estimate of drug-likeness (QED) is 0.376. The molecule has 0 bridgehead atoms. The molecule has 80 valence electrons. The monoisotopic (exact) mass is 208 g/mol. The number of rotatable bonds is 4. The lowest BCUT2D eigenvalue weighted by atomic mass is 10.4. The second-order valence-electron chi connectivity index (χ2n) is 3.18. The minimum atomic E-state index is -0.353. The number of hydrogen-bond acceptors (Lipinski definition) is 3. The molecule has 0 unspecified atom stereocenters. The fourth-order valence-electron chi connectivity index (χ4n) is 1.27. The molecule has 0 spiro atoms. The van der Waals surface area contributed by atoms with E-state index in [0.717, 1.165) is 4.90 Å². The van der Waals surface area contributed by atoms with Crippen molar-refractivity contribution in [1.82, 2.24) is 10.2 Å². The third-order valence-corrected chi connectivity index (χ3v) is 2.05. The van der Waals surface area contributed by atoms with Gasteiger partial charge < -0.3 is 5.32 Å². The van der Waals surface area contributed by atoms with Crippen LogP contribution in [0.2, 0.25) is 0 Å². The Morgan fingerprint density at radius 2 is 2.00 bits per heavy atom. The molecule has 1 heterocycles. The molecule has 5 nitrogen and oxygen atoms in total. The fourth-order valence-corrected chi connectivity index (χ4v) is 1.27. The van der Waals surface area contributed by atoms with Gasteiger partial charge in [0.2, 0.25) is 17.7 Å². The number of imide groups is 1. The van der Waals surface area contributed by atoms with Crippen molar-refractivity contribution in [2.75, 3.05) is 13.1 Å². The summed E-state index contributed by atoms with van der Waals surface area (Å²) in [4.78, 5) is 34.5. The van der Waals surface area contributed by atoms with Gasteiger partial charge in [-0.1, -0.05) is 0 Å². The summed E-state index contributed by atoms with van der Waals surface area (Å²) in [5, 5.41) is 2.52.